The Hall–Kier alpha value is -2.92. The fraction of sp³-hybridized carbons (Fsp3) is 0.448. The Kier molecular flexibility index (Phi) is 9.46. The monoisotopic (exact) mass is 463 g/mol. The van der Waals surface area contributed by atoms with Crippen LogP contribution >= 0.6 is 0 Å². The summed E-state index contributed by atoms with van der Waals surface area (Å²) in [5.74, 6) is 0.482. The number of fused-ring (bicyclic) bond motifs is 1. The molecule has 3 rings (SSSR count). The zero-order valence-corrected chi connectivity index (χ0v) is 21.0. The molecule has 5 heteroatoms. The number of carbonyl (C=O) groups excluding carboxylic acids is 1. The Morgan fingerprint density at radius 2 is 1.56 bits per heavy atom. The van der Waals surface area contributed by atoms with Crippen molar-refractivity contribution < 1.29 is 13.9 Å². The molecule has 0 atom stereocenters. The van der Waals surface area contributed by atoms with Crippen molar-refractivity contribution in [3.63, 3.8) is 0 Å². The summed E-state index contributed by atoms with van der Waals surface area (Å²) in [5.41, 5.74) is 2.46. The van der Waals surface area contributed by atoms with E-state index in [4.69, 9.17) is 9.15 Å². The first-order chi connectivity index (χ1) is 16.5. The maximum atomic E-state index is 13.1. The van der Waals surface area contributed by atoms with Crippen molar-refractivity contribution in [3.05, 3.63) is 75.1 Å². The van der Waals surface area contributed by atoms with Gasteiger partial charge in [0.1, 0.15) is 23.2 Å². The van der Waals surface area contributed by atoms with Gasteiger partial charge in [-0.25, -0.2) is 0 Å². The van der Waals surface area contributed by atoms with Crippen molar-refractivity contribution in [1.29, 1.82) is 0 Å². The fourth-order valence-corrected chi connectivity index (χ4v) is 4.26. The highest BCUT2D eigenvalue weighted by Crippen LogP contribution is 2.26. The van der Waals surface area contributed by atoms with Crippen LogP contribution in [0.1, 0.15) is 73.0 Å². The summed E-state index contributed by atoms with van der Waals surface area (Å²) < 4.78 is 11.7. The highest BCUT2D eigenvalue weighted by molar-refractivity contribution is 6.10. The lowest BCUT2D eigenvalue weighted by Gasteiger charge is -2.22. The fourth-order valence-electron chi connectivity index (χ4n) is 4.26. The minimum absolute atomic E-state index is 0.0467. The number of para-hydroxylation sites is 1. The van der Waals surface area contributed by atoms with Gasteiger partial charge in [-0.1, -0.05) is 38.8 Å². The van der Waals surface area contributed by atoms with Crippen molar-refractivity contribution in [3.8, 4) is 5.75 Å². The zero-order valence-electron chi connectivity index (χ0n) is 21.0. The molecule has 0 N–H and O–H groups in total. The Bertz CT molecular complexity index is 1130. The summed E-state index contributed by atoms with van der Waals surface area (Å²) in [4.78, 5) is 28.5. The molecule has 0 fully saturated rings. The molecule has 0 saturated heterocycles. The maximum absolute atomic E-state index is 13.1. The van der Waals surface area contributed by atoms with E-state index in [9.17, 15) is 9.59 Å². The Morgan fingerprint density at radius 1 is 0.941 bits per heavy atom. The molecule has 2 aromatic carbocycles. The Balaban J connectivity index is 1.67. The highest BCUT2D eigenvalue weighted by Gasteiger charge is 2.18. The second-order valence-corrected chi connectivity index (χ2v) is 8.99. The standard InChI is InChI=1S/C29H37NO4/c1-5-7-14-30(15-8-6-2)16-11-17-33-29-21(3)18-23(19-22(29)4)27(31)25-20-34-26-13-10-9-12-24(26)28(25)32/h9-10,12-13,18-20H,5-8,11,14-17H2,1-4H3. The summed E-state index contributed by atoms with van der Waals surface area (Å²) in [5, 5.41) is 0.411. The highest BCUT2D eigenvalue weighted by atomic mass is 16.5. The average Bonchev–Trinajstić information content (AvgIpc) is 2.84. The first-order valence-electron chi connectivity index (χ1n) is 12.5. The maximum Gasteiger partial charge on any atom is 0.203 e. The first-order valence-corrected chi connectivity index (χ1v) is 12.5. The van der Waals surface area contributed by atoms with Gasteiger partial charge in [-0.3, -0.25) is 9.59 Å². The number of benzene rings is 2. The van der Waals surface area contributed by atoms with Gasteiger partial charge >= 0.3 is 0 Å². The molecule has 0 aliphatic carbocycles. The second kappa shape index (κ2) is 12.5. The predicted octanol–water partition coefficient (Wildman–Crippen LogP) is 6.31. The van der Waals surface area contributed by atoms with Gasteiger partial charge in [-0.05, 0) is 81.6 Å². The molecule has 3 aromatic rings. The molecule has 0 spiro atoms. The van der Waals surface area contributed by atoms with E-state index < -0.39 is 0 Å². The van der Waals surface area contributed by atoms with Crippen LogP contribution in [-0.2, 0) is 0 Å². The van der Waals surface area contributed by atoms with Crippen LogP contribution in [0, 0.1) is 13.8 Å². The molecule has 0 amide bonds. The number of carbonyl (C=O) groups is 1. The van der Waals surface area contributed by atoms with Crippen LogP contribution < -0.4 is 10.2 Å². The van der Waals surface area contributed by atoms with Crippen molar-refractivity contribution >= 4 is 16.8 Å². The van der Waals surface area contributed by atoms with E-state index >= 15 is 0 Å². The predicted molar refractivity (Wildman–Crippen MR) is 138 cm³/mol. The number of unbranched alkanes of at least 4 members (excludes halogenated alkanes) is 2. The molecule has 1 aromatic heterocycles. The third-order valence-corrected chi connectivity index (χ3v) is 6.17. The Morgan fingerprint density at radius 3 is 2.21 bits per heavy atom. The second-order valence-electron chi connectivity index (χ2n) is 8.99. The lowest BCUT2D eigenvalue weighted by atomic mass is 9.98. The van der Waals surface area contributed by atoms with Crippen LogP contribution in [0.5, 0.6) is 5.75 Å². The van der Waals surface area contributed by atoms with Crippen molar-refractivity contribution in [2.75, 3.05) is 26.2 Å². The van der Waals surface area contributed by atoms with Crippen LogP contribution in [0.2, 0.25) is 0 Å². The zero-order chi connectivity index (χ0) is 24.5. The first kappa shape index (κ1) is 25.7. The molecule has 5 nitrogen and oxygen atoms in total. The van der Waals surface area contributed by atoms with Crippen LogP contribution in [0.4, 0.5) is 0 Å². The number of rotatable bonds is 13. The van der Waals surface area contributed by atoms with Crippen molar-refractivity contribution in [2.45, 2.75) is 59.8 Å². The van der Waals surface area contributed by atoms with Crippen molar-refractivity contribution in [1.82, 2.24) is 4.90 Å². The van der Waals surface area contributed by atoms with E-state index in [0.29, 0.717) is 23.1 Å². The summed E-state index contributed by atoms with van der Waals surface area (Å²) in [6.07, 6.45) is 7.12. The van der Waals surface area contributed by atoms with E-state index in [0.717, 1.165) is 42.9 Å². The molecule has 0 radical (unpaired) electrons. The van der Waals surface area contributed by atoms with E-state index in [1.54, 1.807) is 36.4 Å². The van der Waals surface area contributed by atoms with Gasteiger partial charge in [0.15, 0.2) is 5.78 Å². The van der Waals surface area contributed by atoms with Gasteiger partial charge in [0, 0.05) is 12.1 Å². The number of hydrogen-bond donors (Lipinski definition) is 0. The number of aryl methyl sites for hydroxylation is 2. The van der Waals surface area contributed by atoms with Gasteiger partial charge in [-0.2, -0.15) is 0 Å². The SMILES string of the molecule is CCCCN(CCCC)CCCOc1c(C)cc(C(=O)c2coc3ccccc3c2=O)cc1C. The summed E-state index contributed by atoms with van der Waals surface area (Å²) >= 11 is 0. The number of ketones is 1. The van der Waals surface area contributed by atoms with Gasteiger partial charge < -0.3 is 14.1 Å². The van der Waals surface area contributed by atoms with Crippen LogP contribution in [0.15, 0.2) is 51.9 Å². The van der Waals surface area contributed by atoms with E-state index in [1.165, 1.54) is 31.9 Å². The molecule has 1 heterocycles. The van der Waals surface area contributed by atoms with Gasteiger partial charge in [0.2, 0.25) is 5.43 Å². The summed E-state index contributed by atoms with van der Waals surface area (Å²) in [7, 11) is 0. The third kappa shape index (κ3) is 6.35. The van der Waals surface area contributed by atoms with Crippen molar-refractivity contribution in [2.24, 2.45) is 0 Å². The van der Waals surface area contributed by atoms with E-state index in [-0.39, 0.29) is 16.8 Å². The molecule has 182 valence electrons. The molecule has 0 saturated carbocycles. The number of nitrogens with zero attached hydrogens (tertiary/aromatic N) is 1. The molecule has 34 heavy (non-hydrogen) atoms. The minimum atomic E-state index is -0.334. The molecular weight excluding hydrogens is 426 g/mol. The molecule has 0 bridgehead atoms. The Labute approximate surface area is 202 Å². The van der Waals surface area contributed by atoms with Gasteiger partial charge in [0.25, 0.3) is 0 Å². The quantitative estimate of drug-likeness (QED) is 0.219. The summed E-state index contributed by atoms with van der Waals surface area (Å²) in [6.45, 7) is 12.3. The summed E-state index contributed by atoms with van der Waals surface area (Å²) in [6, 6.07) is 10.6. The minimum Gasteiger partial charge on any atom is -0.493 e. The van der Waals surface area contributed by atoms with E-state index in [1.807, 2.05) is 13.8 Å². The normalized spacial score (nSPS) is 11.3. The molecule has 0 unspecified atom stereocenters. The third-order valence-electron chi connectivity index (χ3n) is 6.17. The topological polar surface area (TPSA) is 59.8 Å². The average molecular weight is 464 g/mol. The molecular formula is C29H37NO4. The molecule has 0 aliphatic heterocycles. The van der Waals surface area contributed by atoms with Crippen LogP contribution in [-0.4, -0.2) is 36.9 Å². The van der Waals surface area contributed by atoms with Gasteiger partial charge in [-0.15, -0.1) is 0 Å². The lowest BCUT2D eigenvalue weighted by molar-refractivity contribution is 0.103. The smallest absolute Gasteiger partial charge is 0.203 e. The molecule has 0 aliphatic rings. The largest absolute Gasteiger partial charge is 0.493 e. The van der Waals surface area contributed by atoms with E-state index in [2.05, 4.69) is 18.7 Å². The number of hydrogen-bond acceptors (Lipinski definition) is 5. The number of ether oxygens (including phenoxy) is 1. The van der Waals surface area contributed by atoms with Crippen LogP contribution in [0.25, 0.3) is 11.0 Å². The van der Waals surface area contributed by atoms with Crippen LogP contribution in [0.3, 0.4) is 0 Å². The lowest BCUT2D eigenvalue weighted by Crippen LogP contribution is -2.28. The van der Waals surface area contributed by atoms with Gasteiger partial charge in [0.05, 0.1) is 12.0 Å².